The van der Waals surface area contributed by atoms with Gasteiger partial charge in [-0.05, 0) is 71.8 Å². The van der Waals surface area contributed by atoms with Gasteiger partial charge in [0.15, 0.2) is 29.2 Å². The number of nitrogens with one attached hydrogen (secondary N) is 3. The lowest BCUT2D eigenvalue weighted by molar-refractivity contribution is -0.136. The molecule has 0 radical (unpaired) electrons. The highest BCUT2D eigenvalue weighted by molar-refractivity contribution is 14.1. The number of aliphatic hydroxyl groups is 1. The molecule has 1 aliphatic rings. The van der Waals surface area contributed by atoms with Gasteiger partial charge in [-0.3, -0.25) is 5.43 Å². The number of ether oxygens (including phenoxy) is 5. The van der Waals surface area contributed by atoms with Crippen molar-refractivity contribution >= 4 is 40.8 Å². The van der Waals surface area contributed by atoms with E-state index in [0.29, 0.717) is 53.0 Å². The largest absolute Gasteiger partial charge is 0.493 e. The smallest absolute Gasteiger partial charge is 0.337 e. The summed E-state index contributed by atoms with van der Waals surface area (Å²) in [5.74, 6) is 1.22. The molecule has 3 aromatic carbocycles. The second-order valence-electron chi connectivity index (χ2n) is 9.72. The minimum absolute atomic E-state index is 0.166. The van der Waals surface area contributed by atoms with Crippen molar-refractivity contribution in [2.45, 2.75) is 32.7 Å². The van der Waals surface area contributed by atoms with Gasteiger partial charge in [0.05, 0.1) is 38.7 Å². The predicted molar refractivity (Wildman–Crippen MR) is 175 cm³/mol. The molecule has 3 aromatic rings. The summed E-state index contributed by atoms with van der Waals surface area (Å²) in [4.78, 5) is 24.7. The predicted octanol–water partition coefficient (Wildman–Crippen LogP) is 4.40. The highest BCUT2D eigenvalue weighted by atomic mass is 127. The summed E-state index contributed by atoms with van der Waals surface area (Å²) in [6, 6.07) is 17.3. The summed E-state index contributed by atoms with van der Waals surface area (Å²) >= 11 is 2.18. The molecule has 4 N–H and O–H groups in total. The van der Waals surface area contributed by atoms with Crippen LogP contribution in [0, 0.1) is 3.57 Å². The van der Waals surface area contributed by atoms with E-state index >= 15 is 0 Å². The molecular weight excluding hydrogens is 695 g/mol. The van der Waals surface area contributed by atoms with Crippen LogP contribution in [0.4, 0.5) is 4.79 Å². The number of amides is 2. The fraction of sp³-hybridized carbons (Fsp3) is 0.281. The maximum Gasteiger partial charge on any atom is 0.337 e. The lowest BCUT2D eigenvalue weighted by atomic mass is 9.95. The number of urea groups is 1. The number of aliphatic hydroxyl groups excluding tert-OH is 1. The first kappa shape index (κ1) is 33.4. The van der Waals surface area contributed by atoms with Crippen LogP contribution in [-0.4, -0.2) is 57.0 Å². The Balaban J connectivity index is 1.44. The van der Waals surface area contributed by atoms with Crippen LogP contribution in [0.5, 0.6) is 23.0 Å². The highest BCUT2D eigenvalue weighted by Crippen LogP contribution is 2.35. The standard InChI is InChI=1S/C32H35IN4O8/c1-5-43-25-14-21(29-28(31(39)42-4)19(2)35-32(40)36-29)11-12-24(25)44-18-27(38)37-34-16-22-13-23(33)15-26(41-3)30(22)45-17-20-9-7-6-8-10-20/h6-16,27,29,37-38H,5,17-18H2,1-4H3,(H2,35,36,40)/b34-16+/t27-,29+/m1/s1. The number of methoxy groups -OCH3 is 2. The van der Waals surface area contributed by atoms with Gasteiger partial charge >= 0.3 is 12.0 Å². The molecule has 0 saturated heterocycles. The molecule has 0 aliphatic carbocycles. The van der Waals surface area contributed by atoms with Gasteiger partial charge in [-0.25, -0.2) is 9.59 Å². The van der Waals surface area contributed by atoms with Gasteiger partial charge in [-0.2, -0.15) is 5.10 Å². The molecule has 13 heteroatoms. The zero-order chi connectivity index (χ0) is 32.3. The van der Waals surface area contributed by atoms with Crippen molar-refractivity contribution in [1.82, 2.24) is 16.1 Å². The zero-order valence-corrected chi connectivity index (χ0v) is 27.4. The second kappa shape index (κ2) is 16.0. The van der Waals surface area contributed by atoms with E-state index in [4.69, 9.17) is 23.7 Å². The van der Waals surface area contributed by atoms with Gasteiger partial charge < -0.3 is 39.4 Å². The van der Waals surface area contributed by atoms with Crippen LogP contribution in [0.1, 0.15) is 36.6 Å². The molecule has 1 heterocycles. The monoisotopic (exact) mass is 730 g/mol. The molecule has 0 saturated carbocycles. The molecule has 1 aliphatic heterocycles. The average molecular weight is 731 g/mol. The third-order valence-electron chi connectivity index (χ3n) is 6.59. The molecule has 0 spiro atoms. The normalized spacial score (nSPS) is 15.2. The fourth-order valence-corrected chi connectivity index (χ4v) is 5.15. The summed E-state index contributed by atoms with van der Waals surface area (Å²) in [7, 11) is 2.85. The number of benzene rings is 3. The van der Waals surface area contributed by atoms with Crippen molar-refractivity contribution in [1.29, 1.82) is 0 Å². The van der Waals surface area contributed by atoms with Crippen LogP contribution in [-0.2, 0) is 16.1 Å². The van der Waals surface area contributed by atoms with Crippen LogP contribution in [0.15, 0.2) is 77.0 Å². The molecule has 0 bridgehead atoms. The fourth-order valence-electron chi connectivity index (χ4n) is 4.54. The van der Waals surface area contributed by atoms with Crippen LogP contribution in [0.2, 0.25) is 0 Å². The number of hydrogen-bond acceptors (Lipinski definition) is 10. The second-order valence-corrected chi connectivity index (χ2v) is 11.0. The Kier molecular flexibility index (Phi) is 11.9. The highest BCUT2D eigenvalue weighted by Gasteiger charge is 2.32. The number of allylic oxidation sites excluding steroid dienone is 1. The molecule has 2 atom stereocenters. The number of nitrogens with zero attached hydrogens (tertiary/aromatic N) is 1. The molecule has 12 nitrogen and oxygen atoms in total. The van der Waals surface area contributed by atoms with E-state index in [-0.39, 0.29) is 12.2 Å². The third-order valence-corrected chi connectivity index (χ3v) is 7.22. The summed E-state index contributed by atoms with van der Waals surface area (Å²) in [5.41, 5.74) is 5.56. The number of hydrogen-bond donors (Lipinski definition) is 4. The van der Waals surface area contributed by atoms with Crippen LogP contribution < -0.4 is 35.0 Å². The molecule has 0 aromatic heterocycles. The van der Waals surface area contributed by atoms with E-state index in [2.05, 4.69) is 43.8 Å². The van der Waals surface area contributed by atoms with Gasteiger partial charge in [0.1, 0.15) is 13.2 Å². The Hall–Kier alpha value is -4.50. The first-order valence-corrected chi connectivity index (χ1v) is 15.1. The number of esters is 1. The quantitative estimate of drug-likeness (QED) is 0.0623. The summed E-state index contributed by atoms with van der Waals surface area (Å²) in [6.45, 7) is 3.95. The Bertz CT molecular complexity index is 1560. The topological polar surface area (TPSA) is 149 Å². The number of halogens is 1. The molecule has 4 rings (SSSR count). The van der Waals surface area contributed by atoms with Crippen molar-refractivity contribution < 1.29 is 38.4 Å². The van der Waals surface area contributed by atoms with Gasteiger partial charge in [-0.1, -0.05) is 36.4 Å². The molecular formula is C32H35IN4O8. The summed E-state index contributed by atoms with van der Waals surface area (Å²) in [5, 5.41) is 20.1. The number of hydrazone groups is 1. The van der Waals surface area contributed by atoms with Crippen LogP contribution >= 0.6 is 22.6 Å². The van der Waals surface area contributed by atoms with Crippen molar-refractivity contribution in [3.05, 3.63) is 92.2 Å². The van der Waals surface area contributed by atoms with E-state index in [1.165, 1.54) is 13.3 Å². The van der Waals surface area contributed by atoms with Crippen molar-refractivity contribution in [3.63, 3.8) is 0 Å². The van der Waals surface area contributed by atoms with E-state index in [0.717, 1.165) is 9.13 Å². The molecule has 238 valence electrons. The Morgan fingerprint density at radius 1 is 1.07 bits per heavy atom. The van der Waals surface area contributed by atoms with E-state index in [1.54, 1.807) is 32.2 Å². The van der Waals surface area contributed by atoms with Gasteiger partial charge in [0, 0.05) is 14.8 Å². The first-order valence-electron chi connectivity index (χ1n) is 14.0. The molecule has 2 amide bonds. The van der Waals surface area contributed by atoms with Crippen molar-refractivity contribution in [2.75, 3.05) is 27.4 Å². The van der Waals surface area contributed by atoms with E-state index < -0.39 is 24.3 Å². The average Bonchev–Trinajstić information content (AvgIpc) is 3.03. The van der Waals surface area contributed by atoms with E-state index in [1.807, 2.05) is 49.4 Å². The van der Waals surface area contributed by atoms with Crippen LogP contribution in [0.3, 0.4) is 0 Å². The molecule has 45 heavy (non-hydrogen) atoms. The third kappa shape index (κ3) is 8.79. The summed E-state index contributed by atoms with van der Waals surface area (Å²) < 4.78 is 29.1. The van der Waals surface area contributed by atoms with Gasteiger partial charge in [0.2, 0.25) is 0 Å². The zero-order valence-electron chi connectivity index (χ0n) is 25.3. The van der Waals surface area contributed by atoms with Crippen LogP contribution in [0.25, 0.3) is 0 Å². The minimum atomic E-state index is -1.17. The lowest BCUT2D eigenvalue weighted by Gasteiger charge is -2.28. The minimum Gasteiger partial charge on any atom is -0.493 e. The van der Waals surface area contributed by atoms with Gasteiger partial charge in [-0.15, -0.1) is 0 Å². The maximum absolute atomic E-state index is 12.5. The number of rotatable bonds is 14. The number of carbonyl (C=O) groups excluding carboxylic acids is 2. The molecule has 0 unspecified atom stereocenters. The Morgan fingerprint density at radius 2 is 1.84 bits per heavy atom. The lowest BCUT2D eigenvalue weighted by Crippen LogP contribution is -2.45. The first-order chi connectivity index (χ1) is 21.7. The summed E-state index contributed by atoms with van der Waals surface area (Å²) in [6.07, 6.45) is 0.366. The number of carbonyl (C=O) groups is 2. The van der Waals surface area contributed by atoms with Gasteiger partial charge in [0.25, 0.3) is 0 Å². The van der Waals surface area contributed by atoms with E-state index in [9.17, 15) is 14.7 Å². The Labute approximate surface area is 274 Å². The van der Waals surface area contributed by atoms with Crippen molar-refractivity contribution in [2.24, 2.45) is 5.10 Å². The van der Waals surface area contributed by atoms with Crippen molar-refractivity contribution in [3.8, 4) is 23.0 Å². The SMILES string of the molecule is CCOc1cc([C@@H]2NC(=O)NC(C)=C2C(=O)OC)ccc1OC[C@@H](O)N/N=C/c1cc(I)cc(OC)c1OCc1ccccc1. The molecule has 0 fully saturated rings. The Morgan fingerprint density at radius 3 is 2.56 bits per heavy atom. The maximum atomic E-state index is 12.5.